The van der Waals surface area contributed by atoms with Crippen LogP contribution in [0.25, 0.3) is 10.9 Å². The molecule has 0 spiro atoms. The van der Waals surface area contributed by atoms with Gasteiger partial charge in [-0.2, -0.15) is 0 Å². The normalized spacial score (nSPS) is 11.3. The summed E-state index contributed by atoms with van der Waals surface area (Å²) >= 11 is 0. The highest BCUT2D eigenvalue weighted by molar-refractivity contribution is 5.96. The van der Waals surface area contributed by atoms with Crippen molar-refractivity contribution >= 4 is 28.4 Å². The van der Waals surface area contributed by atoms with Crippen LogP contribution in [0, 0.1) is 23.9 Å². The van der Waals surface area contributed by atoms with Gasteiger partial charge < -0.3 is 25.3 Å². The lowest BCUT2D eigenvalue weighted by molar-refractivity contribution is -0.114. The van der Waals surface area contributed by atoms with E-state index in [1.165, 1.54) is 41.5 Å². The first kappa shape index (κ1) is 27.2. The molecule has 0 aliphatic rings. The highest BCUT2D eigenvalue weighted by Gasteiger charge is 2.13. The number of rotatable bonds is 11. The quantitative estimate of drug-likeness (QED) is 0.195. The number of hydrogen-bond acceptors (Lipinski definition) is 4. The third-order valence-corrected chi connectivity index (χ3v) is 5.67. The molecule has 11 heteroatoms. The van der Waals surface area contributed by atoms with Crippen molar-refractivity contribution in [3.05, 3.63) is 112 Å². The van der Waals surface area contributed by atoms with Gasteiger partial charge in [-0.1, -0.05) is 6.08 Å². The van der Waals surface area contributed by atoms with Crippen LogP contribution >= 0.6 is 0 Å². The van der Waals surface area contributed by atoms with E-state index in [0.29, 0.717) is 29.4 Å². The highest BCUT2D eigenvalue weighted by atomic mass is 19.1. The van der Waals surface area contributed by atoms with Crippen molar-refractivity contribution in [2.75, 3.05) is 5.32 Å². The lowest BCUT2D eigenvalue weighted by Gasteiger charge is -2.09. The van der Waals surface area contributed by atoms with Crippen LogP contribution in [0.4, 0.5) is 18.9 Å². The standard InChI is InChI=1S/C28H24F3N4O4/c29-19-9-8-17(22(31)13-19)16-39-24-14-20(30)11-18-12-21(33-27(18)24)15-35-10-4-5-23(28(35)38)34-26(37)7-3-1-2-6-25(32)36/h2,4-14,33H,1,3,15-16H2,(H2,32,36)(H,34,37)/b6-2+. The van der Waals surface area contributed by atoms with Crippen LogP contribution in [0.15, 0.2) is 71.7 Å². The summed E-state index contributed by atoms with van der Waals surface area (Å²) in [6, 6.07) is 10.2. The van der Waals surface area contributed by atoms with Gasteiger partial charge in [0.15, 0.2) is 0 Å². The Kier molecular flexibility index (Phi) is 8.50. The summed E-state index contributed by atoms with van der Waals surface area (Å²) in [7, 11) is 0. The van der Waals surface area contributed by atoms with E-state index in [0.717, 1.165) is 18.2 Å². The molecule has 0 aliphatic carbocycles. The number of anilines is 1. The minimum Gasteiger partial charge on any atom is -0.486 e. The van der Waals surface area contributed by atoms with Gasteiger partial charge in [-0.05, 0) is 55.3 Å². The zero-order valence-electron chi connectivity index (χ0n) is 20.5. The van der Waals surface area contributed by atoms with Crippen LogP contribution in [0.3, 0.4) is 0 Å². The number of ether oxygens (including phenoxy) is 1. The van der Waals surface area contributed by atoms with E-state index >= 15 is 0 Å². The summed E-state index contributed by atoms with van der Waals surface area (Å²) in [6.07, 6.45) is 6.43. The first-order valence-electron chi connectivity index (χ1n) is 11.9. The molecule has 0 fully saturated rings. The molecule has 201 valence electrons. The van der Waals surface area contributed by atoms with Crippen LogP contribution in [0.5, 0.6) is 5.75 Å². The minimum atomic E-state index is -0.779. The Hall–Kier alpha value is -4.80. The summed E-state index contributed by atoms with van der Waals surface area (Å²) in [4.78, 5) is 38.9. The molecule has 4 aromatic rings. The number of primary amides is 1. The zero-order valence-corrected chi connectivity index (χ0v) is 20.5. The maximum absolute atomic E-state index is 14.3. The molecule has 8 nitrogen and oxygen atoms in total. The molecule has 0 aliphatic heterocycles. The SMILES string of the molecule is NC(=O)/C=C/CC[CH]C(=O)Nc1cccn(Cc2cc3cc(F)cc(OCc4ccc(F)cc4F)c3[nH]2)c1=O. The second-order valence-electron chi connectivity index (χ2n) is 8.62. The lowest BCUT2D eigenvalue weighted by Crippen LogP contribution is -2.26. The van der Waals surface area contributed by atoms with E-state index in [2.05, 4.69) is 10.3 Å². The predicted molar refractivity (Wildman–Crippen MR) is 139 cm³/mol. The van der Waals surface area contributed by atoms with Gasteiger partial charge in [0.1, 0.15) is 35.5 Å². The number of unbranched alkanes of at least 4 members (excludes halogenated alkanes) is 1. The fourth-order valence-corrected chi connectivity index (χ4v) is 3.86. The first-order chi connectivity index (χ1) is 18.7. The number of benzene rings is 2. The predicted octanol–water partition coefficient (Wildman–Crippen LogP) is 4.34. The van der Waals surface area contributed by atoms with Crippen molar-refractivity contribution in [1.29, 1.82) is 0 Å². The smallest absolute Gasteiger partial charge is 0.274 e. The third kappa shape index (κ3) is 7.16. The van der Waals surface area contributed by atoms with Gasteiger partial charge in [0.05, 0.1) is 18.5 Å². The van der Waals surface area contributed by atoms with Gasteiger partial charge >= 0.3 is 0 Å². The van der Waals surface area contributed by atoms with Crippen LogP contribution in [0.2, 0.25) is 0 Å². The number of allylic oxidation sites excluding steroid dienone is 1. The van der Waals surface area contributed by atoms with Gasteiger partial charge in [0, 0.05) is 35.0 Å². The number of fused-ring (bicyclic) bond motifs is 1. The van der Waals surface area contributed by atoms with Crippen molar-refractivity contribution in [1.82, 2.24) is 9.55 Å². The van der Waals surface area contributed by atoms with E-state index in [1.807, 2.05) is 0 Å². The largest absolute Gasteiger partial charge is 0.486 e. The fourth-order valence-electron chi connectivity index (χ4n) is 3.86. The Morgan fingerprint density at radius 2 is 1.87 bits per heavy atom. The fraction of sp³-hybridized carbons (Fsp3) is 0.143. The van der Waals surface area contributed by atoms with Gasteiger partial charge in [-0.3, -0.25) is 14.4 Å². The molecule has 0 bridgehead atoms. The molecule has 2 heterocycles. The molecule has 2 aromatic heterocycles. The Bertz CT molecular complexity index is 1610. The third-order valence-electron chi connectivity index (χ3n) is 5.67. The number of aromatic nitrogens is 2. The molecule has 2 amide bonds. The Morgan fingerprint density at radius 3 is 2.64 bits per heavy atom. The summed E-state index contributed by atoms with van der Waals surface area (Å²) < 4.78 is 48.4. The zero-order chi connectivity index (χ0) is 27.9. The second kappa shape index (κ2) is 12.2. The van der Waals surface area contributed by atoms with E-state index in [-0.39, 0.29) is 30.2 Å². The summed E-state index contributed by atoms with van der Waals surface area (Å²) in [5, 5.41) is 3.01. The molecule has 2 aromatic carbocycles. The number of pyridine rings is 1. The molecule has 1 radical (unpaired) electrons. The summed E-state index contributed by atoms with van der Waals surface area (Å²) in [5.74, 6) is -3.00. The van der Waals surface area contributed by atoms with Gasteiger partial charge in [0.2, 0.25) is 11.8 Å². The molecular weight excluding hydrogens is 513 g/mol. The van der Waals surface area contributed by atoms with Crippen molar-refractivity contribution in [3.8, 4) is 5.75 Å². The second-order valence-corrected chi connectivity index (χ2v) is 8.62. The Morgan fingerprint density at radius 1 is 1.05 bits per heavy atom. The van der Waals surface area contributed by atoms with Gasteiger partial charge in [-0.15, -0.1) is 0 Å². The molecule has 0 saturated carbocycles. The number of nitrogens with zero attached hydrogens (tertiary/aromatic N) is 1. The average molecular weight is 538 g/mol. The van der Waals surface area contributed by atoms with E-state index < -0.39 is 34.8 Å². The number of nitrogens with two attached hydrogens (primary N) is 1. The Balaban J connectivity index is 1.46. The molecule has 0 atom stereocenters. The van der Waals surface area contributed by atoms with Gasteiger partial charge in [-0.25, -0.2) is 13.2 Å². The number of H-pyrrole nitrogens is 1. The van der Waals surface area contributed by atoms with Crippen LogP contribution in [-0.2, 0) is 22.7 Å². The van der Waals surface area contributed by atoms with Crippen LogP contribution < -0.4 is 21.3 Å². The monoisotopic (exact) mass is 537 g/mol. The van der Waals surface area contributed by atoms with Crippen molar-refractivity contribution in [2.45, 2.75) is 26.0 Å². The number of aromatic amines is 1. The summed E-state index contributed by atoms with van der Waals surface area (Å²) in [5.41, 5.74) is 5.70. The topological polar surface area (TPSA) is 119 Å². The molecule has 4 N–H and O–H groups in total. The average Bonchev–Trinajstić information content (AvgIpc) is 3.27. The van der Waals surface area contributed by atoms with Crippen LogP contribution in [0.1, 0.15) is 24.1 Å². The maximum atomic E-state index is 14.3. The lowest BCUT2D eigenvalue weighted by atomic mass is 10.2. The van der Waals surface area contributed by atoms with Crippen LogP contribution in [-0.4, -0.2) is 21.4 Å². The molecule has 39 heavy (non-hydrogen) atoms. The van der Waals surface area contributed by atoms with Gasteiger partial charge in [0.25, 0.3) is 5.56 Å². The number of halogens is 3. The van der Waals surface area contributed by atoms with E-state index in [4.69, 9.17) is 10.5 Å². The number of amides is 2. The molecule has 4 rings (SSSR count). The maximum Gasteiger partial charge on any atom is 0.274 e. The molecular formula is C28H24F3N4O4. The Labute approximate surface area is 220 Å². The first-order valence-corrected chi connectivity index (χ1v) is 11.9. The summed E-state index contributed by atoms with van der Waals surface area (Å²) in [6.45, 7) is -0.175. The van der Waals surface area contributed by atoms with Crippen molar-refractivity contribution < 1.29 is 27.5 Å². The number of hydrogen-bond donors (Lipinski definition) is 3. The minimum absolute atomic E-state index is 0.0685. The molecule has 0 saturated heterocycles. The highest BCUT2D eigenvalue weighted by Crippen LogP contribution is 2.29. The van der Waals surface area contributed by atoms with Crippen molar-refractivity contribution in [3.63, 3.8) is 0 Å². The number of nitrogens with one attached hydrogen (secondary N) is 2. The number of carbonyl (C=O) groups excluding carboxylic acids is 2. The van der Waals surface area contributed by atoms with E-state index in [9.17, 15) is 27.6 Å². The number of carbonyl (C=O) groups is 2. The van der Waals surface area contributed by atoms with E-state index in [1.54, 1.807) is 18.2 Å². The van der Waals surface area contributed by atoms with Crippen molar-refractivity contribution in [2.24, 2.45) is 5.73 Å². The molecule has 0 unspecified atom stereocenters.